The van der Waals surface area contributed by atoms with Crippen LogP contribution >= 0.6 is 0 Å². The number of hydrogen-bond acceptors (Lipinski definition) is 7. The van der Waals surface area contributed by atoms with Gasteiger partial charge < -0.3 is 19.3 Å². The lowest BCUT2D eigenvalue weighted by Gasteiger charge is -2.46. The molecule has 180 valence electrons. The summed E-state index contributed by atoms with van der Waals surface area (Å²) in [6, 6.07) is 0. The van der Waals surface area contributed by atoms with Crippen molar-refractivity contribution < 1.29 is 27.5 Å². The molecule has 0 saturated carbocycles. The van der Waals surface area contributed by atoms with Gasteiger partial charge in [-0.1, -0.05) is 0 Å². The minimum atomic E-state index is -3.97. The molecule has 31 heavy (non-hydrogen) atoms. The molecule has 2 rings (SSSR count). The highest BCUT2D eigenvalue weighted by molar-refractivity contribution is 7.88. The van der Waals surface area contributed by atoms with Gasteiger partial charge in [-0.05, 0) is 72.8 Å². The van der Waals surface area contributed by atoms with E-state index in [1.54, 1.807) is 25.7 Å². The summed E-state index contributed by atoms with van der Waals surface area (Å²) in [5.41, 5.74) is -1.27. The Bertz CT molecular complexity index is 738. The first-order chi connectivity index (χ1) is 14.1. The smallest absolute Gasteiger partial charge is 0.422 e. The lowest BCUT2D eigenvalue weighted by molar-refractivity contribution is -0.0194. The second-order valence-electron chi connectivity index (χ2n) is 10.4. The van der Waals surface area contributed by atoms with Crippen molar-refractivity contribution in [2.24, 2.45) is 11.8 Å². The fourth-order valence-electron chi connectivity index (χ4n) is 3.75. The minimum Gasteiger partial charge on any atom is -0.444 e. The molecule has 2 aliphatic rings. The maximum Gasteiger partial charge on any atom is 0.422 e. The van der Waals surface area contributed by atoms with Crippen molar-refractivity contribution in [3.8, 4) is 0 Å². The van der Waals surface area contributed by atoms with Crippen molar-refractivity contribution in [1.82, 2.24) is 19.2 Å². The lowest BCUT2D eigenvalue weighted by Crippen LogP contribution is -2.56. The summed E-state index contributed by atoms with van der Waals surface area (Å²) in [4.78, 5) is 27.7. The third-order valence-electron chi connectivity index (χ3n) is 5.11. The van der Waals surface area contributed by atoms with Gasteiger partial charge in [0.2, 0.25) is 0 Å². The van der Waals surface area contributed by atoms with Crippen LogP contribution in [-0.2, 0) is 19.7 Å². The van der Waals surface area contributed by atoms with Crippen LogP contribution in [0, 0.1) is 11.8 Å². The Morgan fingerprint density at radius 1 is 0.968 bits per heavy atom. The topological polar surface area (TPSA) is 117 Å². The van der Waals surface area contributed by atoms with Crippen molar-refractivity contribution in [2.45, 2.75) is 65.6 Å². The van der Waals surface area contributed by atoms with Crippen LogP contribution in [0.3, 0.4) is 0 Å². The standard InChI is InChI=1S/C20H38N4O6S/c1-19(2,3)29-17(25)22-31(27,28)21-9-11-23-10-7-8-15(12-23)16-13-24(14-16)18(26)30-20(4,5)6/h15-16,21H,7-14H2,1-6H3,(H,22,25)/t15-/m0/s1. The van der Waals surface area contributed by atoms with Crippen molar-refractivity contribution >= 4 is 22.4 Å². The van der Waals surface area contributed by atoms with E-state index in [4.69, 9.17) is 9.47 Å². The summed E-state index contributed by atoms with van der Waals surface area (Å²) in [6.45, 7) is 14.5. The molecule has 2 heterocycles. The van der Waals surface area contributed by atoms with Gasteiger partial charge in [0.25, 0.3) is 0 Å². The van der Waals surface area contributed by atoms with E-state index in [0.717, 1.165) is 25.9 Å². The molecule has 2 fully saturated rings. The van der Waals surface area contributed by atoms with Gasteiger partial charge in [-0.3, -0.25) is 0 Å². The van der Waals surface area contributed by atoms with Gasteiger partial charge in [0.1, 0.15) is 11.2 Å². The molecular formula is C20H38N4O6S. The van der Waals surface area contributed by atoms with E-state index in [0.29, 0.717) is 31.5 Å². The van der Waals surface area contributed by atoms with Crippen LogP contribution in [0.4, 0.5) is 9.59 Å². The molecule has 0 radical (unpaired) electrons. The third-order valence-corrected chi connectivity index (χ3v) is 6.13. The van der Waals surface area contributed by atoms with Gasteiger partial charge in [-0.2, -0.15) is 13.1 Å². The zero-order valence-corrected chi connectivity index (χ0v) is 20.4. The van der Waals surface area contributed by atoms with Crippen LogP contribution in [0.2, 0.25) is 0 Å². The Labute approximate surface area is 186 Å². The number of likely N-dealkylation sites (tertiary alicyclic amines) is 2. The zero-order valence-electron chi connectivity index (χ0n) is 19.6. The molecule has 0 aromatic rings. The molecule has 0 aromatic carbocycles. The Morgan fingerprint density at radius 2 is 1.58 bits per heavy atom. The fraction of sp³-hybridized carbons (Fsp3) is 0.900. The Hall–Kier alpha value is -1.59. The third kappa shape index (κ3) is 9.20. The maximum absolute atomic E-state index is 12.1. The summed E-state index contributed by atoms with van der Waals surface area (Å²) in [7, 11) is -3.97. The molecule has 11 heteroatoms. The van der Waals surface area contributed by atoms with E-state index in [9.17, 15) is 18.0 Å². The van der Waals surface area contributed by atoms with E-state index >= 15 is 0 Å². The molecule has 0 aliphatic carbocycles. The number of carbonyl (C=O) groups is 2. The van der Waals surface area contributed by atoms with Crippen LogP contribution < -0.4 is 9.44 Å². The highest BCUT2D eigenvalue weighted by atomic mass is 32.2. The summed E-state index contributed by atoms with van der Waals surface area (Å²) in [5.74, 6) is 0.921. The molecule has 2 aliphatic heterocycles. The number of nitrogens with zero attached hydrogens (tertiary/aromatic N) is 2. The molecule has 2 saturated heterocycles. The van der Waals surface area contributed by atoms with E-state index in [1.807, 2.05) is 25.5 Å². The van der Waals surface area contributed by atoms with Crippen LogP contribution in [0.5, 0.6) is 0 Å². The number of nitrogens with one attached hydrogen (secondary N) is 2. The fourth-order valence-corrected chi connectivity index (χ4v) is 4.44. The Balaban J connectivity index is 1.70. The summed E-state index contributed by atoms with van der Waals surface area (Å²) < 4.78 is 38.6. The molecule has 0 aromatic heterocycles. The largest absolute Gasteiger partial charge is 0.444 e. The summed E-state index contributed by atoms with van der Waals surface area (Å²) in [6.07, 6.45) is 0.882. The first-order valence-corrected chi connectivity index (χ1v) is 12.3. The molecular weight excluding hydrogens is 424 g/mol. The molecule has 0 unspecified atom stereocenters. The quantitative estimate of drug-likeness (QED) is 0.619. The Kier molecular flexibility index (Phi) is 8.21. The first kappa shape index (κ1) is 25.7. The van der Waals surface area contributed by atoms with Gasteiger partial charge in [0.05, 0.1) is 0 Å². The first-order valence-electron chi connectivity index (χ1n) is 10.8. The van der Waals surface area contributed by atoms with Gasteiger partial charge in [0.15, 0.2) is 0 Å². The van der Waals surface area contributed by atoms with E-state index in [1.165, 1.54) is 0 Å². The molecule has 0 bridgehead atoms. The highest BCUT2D eigenvalue weighted by Gasteiger charge is 2.39. The number of amides is 2. The summed E-state index contributed by atoms with van der Waals surface area (Å²) in [5, 5.41) is 0. The molecule has 2 amide bonds. The monoisotopic (exact) mass is 462 g/mol. The number of carbonyl (C=O) groups excluding carboxylic acids is 2. The normalized spacial score (nSPS) is 21.4. The van der Waals surface area contributed by atoms with Gasteiger partial charge in [0, 0.05) is 32.7 Å². The molecule has 1 atom stereocenters. The van der Waals surface area contributed by atoms with Crippen molar-refractivity contribution in [3.05, 3.63) is 0 Å². The Morgan fingerprint density at radius 3 is 2.16 bits per heavy atom. The van der Waals surface area contributed by atoms with Crippen molar-refractivity contribution in [1.29, 1.82) is 0 Å². The summed E-state index contributed by atoms with van der Waals surface area (Å²) >= 11 is 0. The second kappa shape index (κ2) is 9.91. The van der Waals surface area contributed by atoms with E-state index in [-0.39, 0.29) is 12.6 Å². The lowest BCUT2D eigenvalue weighted by atomic mass is 9.81. The predicted molar refractivity (Wildman–Crippen MR) is 117 cm³/mol. The van der Waals surface area contributed by atoms with Crippen LogP contribution in [0.15, 0.2) is 0 Å². The van der Waals surface area contributed by atoms with E-state index < -0.39 is 27.5 Å². The minimum absolute atomic E-state index is 0.194. The van der Waals surface area contributed by atoms with Gasteiger partial charge in [-0.15, -0.1) is 0 Å². The predicted octanol–water partition coefficient (Wildman–Crippen LogP) is 1.92. The van der Waals surface area contributed by atoms with Crippen LogP contribution in [-0.4, -0.2) is 80.9 Å². The second-order valence-corrected chi connectivity index (χ2v) is 11.8. The SMILES string of the molecule is CC(C)(C)OC(=O)NS(=O)(=O)NCCN1CCC[C@H](C2CN(C(=O)OC(C)(C)C)C2)C1. The number of hydrogen-bond donors (Lipinski definition) is 2. The molecule has 10 nitrogen and oxygen atoms in total. The van der Waals surface area contributed by atoms with Crippen LogP contribution in [0.1, 0.15) is 54.4 Å². The van der Waals surface area contributed by atoms with Gasteiger partial charge >= 0.3 is 22.4 Å². The van der Waals surface area contributed by atoms with Crippen molar-refractivity contribution in [3.63, 3.8) is 0 Å². The zero-order chi connectivity index (χ0) is 23.4. The average Bonchev–Trinajstić information content (AvgIpc) is 2.49. The highest BCUT2D eigenvalue weighted by Crippen LogP contribution is 2.31. The number of piperidine rings is 1. The van der Waals surface area contributed by atoms with Crippen LogP contribution in [0.25, 0.3) is 0 Å². The maximum atomic E-state index is 12.1. The number of rotatable bonds is 6. The van der Waals surface area contributed by atoms with Gasteiger partial charge in [-0.25, -0.2) is 14.3 Å². The average molecular weight is 463 g/mol. The van der Waals surface area contributed by atoms with E-state index in [2.05, 4.69) is 9.62 Å². The number of ether oxygens (including phenoxy) is 2. The molecule has 0 spiro atoms. The molecule has 2 N–H and O–H groups in total. The van der Waals surface area contributed by atoms with Crippen molar-refractivity contribution in [2.75, 3.05) is 39.3 Å².